The number of hydrogen-bond donors (Lipinski definition) is 3. The summed E-state index contributed by atoms with van der Waals surface area (Å²) in [6.45, 7) is 12.0. The maximum Gasteiger partial charge on any atom is 0.407 e. The van der Waals surface area contributed by atoms with Crippen LogP contribution in [0.15, 0.2) is 41.9 Å². The molecule has 1 aliphatic carbocycles. The van der Waals surface area contributed by atoms with Crippen molar-refractivity contribution in [3.63, 3.8) is 0 Å². The number of methoxy groups -OCH3 is 2. The van der Waals surface area contributed by atoms with Gasteiger partial charge < -0.3 is 40.0 Å². The highest BCUT2D eigenvalue weighted by Crippen LogP contribution is 2.32. The van der Waals surface area contributed by atoms with Crippen molar-refractivity contribution < 1.29 is 38.2 Å². The van der Waals surface area contributed by atoms with Gasteiger partial charge in [-0.05, 0) is 56.4 Å². The Labute approximate surface area is 354 Å². The summed E-state index contributed by atoms with van der Waals surface area (Å²) < 4.78 is 17.2. The number of rotatable bonds is 21. The lowest BCUT2D eigenvalue weighted by Crippen LogP contribution is -2.63. The maximum atomic E-state index is 14.5. The molecule has 0 unspecified atom stereocenters. The number of hydrogen-bond acceptors (Lipinski definition) is 10. The van der Waals surface area contributed by atoms with Gasteiger partial charge in [-0.1, -0.05) is 84.2 Å². The number of thiazole rings is 1. The zero-order valence-corrected chi connectivity index (χ0v) is 37.3. The molecule has 8 atom stereocenters. The van der Waals surface area contributed by atoms with E-state index in [2.05, 4.69) is 20.9 Å². The van der Waals surface area contributed by atoms with Crippen LogP contribution in [-0.4, -0.2) is 115 Å². The van der Waals surface area contributed by atoms with Gasteiger partial charge in [0, 0.05) is 39.4 Å². The van der Waals surface area contributed by atoms with Crippen molar-refractivity contribution in [2.45, 2.75) is 141 Å². The molecule has 1 aromatic carbocycles. The fourth-order valence-electron chi connectivity index (χ4n) is 8.83. The normalized spacial score (nSPS) is 19.8. The number of amides is 5. The Morgan fingerprint density at radius 3 is 2.25 bits per heavy atom. The number of likely N-dealkylation sites (tertiary alicyclic amines) is 1. The van der Waals surface area contributed by atoms with E-state index in [-0.39, 0.29) is 54.7 Å². The second-order valence-electron chi connectivity index (χ2n) is 16.5. The number of carbonyl (C=O) groups is 5. The molecule has 0 spiro atoms. The molecule has 1 saturated heterocycles. The highest BCUT2D eigenvalue weighted by molar-refractivity contribution is 7.09. The van der Waals surface area contributed by atoms with Crippen molar-refractivity contribution in [2.75, 3.05) is 34.4 Å². The molecule has 2 aromatic rings. The highest BCUT2D eigenvalue weighted by atomic mass is 32.1. The number of alkyl carbamates (subject to hydrolysis) is 1. The molecular formula is C44H68N6O8S. The lowest BCUT2D eigenvalue weighted by atomic mass is 9.89. The van der Waals surface area contributed by atoms with Crippen LogP contribution in [0.5, 0.6) is 0 Å². The van der Waals surface area contributed by atoms with Crippen molar-refractivity contribution in [1.29, 1.82) is 0 Å². The number of nitrogens with zero attached hydrogens (tertiary/aromatic N) is 3. The Bertz CT molecular complexity index is 1660. The molecule has 1 aromatic heterocycles. The minimum Gasteiger partial charge on any atom is -0.450 e. The van der Waals surface area contributed by atoms with Crippen LogP contribution in [0.2, 0.25) is 0 Å². The molecule has 0 bridgehead atoms. The SMILES string of the molecule is CCOC(=O)NC1(C(=O)N[C@H](C(=O)N(C)[C@@H]([C@@H](C)CC)[C@@H](CC(=O)N2CCC[C@H]2[C@H](OC)[C@@H](C)C(=O)N[C@@H](Cc2ccccc2)c2nccs2)OC)C(C)C)CCCC1. The number of aromatic nitrogens is 1. The van der Waals surface area contributed by atoms with E-state index < -0.39 is 47.7 Å². The van der Waals surface area contributed by atoms with E-state index in [1.54, 1.807) is 39.3 Å². The van der Waals surface area contributed by atoms with E-state index in [1.807, 2.05) is 75.2 Å². The van der Waals surface area contributed by atoms with E-state index >= 15 is 0 Å². The third kappa shape index (κ3) is 12.0. The molecule has 59 heavy (non-hydrogen) atoms. The number of carbonyl (C=O) groups excluding carboxylic acids is 5. The van der Waals surface area contributed by atoms with Gasteiger partial charge in [-0.25, -0.2) is 9.78 Å². The quantitative estimate of drug-likeness (QED) is 0.144. The van der Waals surface area contributed by atoms with E-state index in [9.17, 15) is 24.0 Å². The van der Waals surface area contributed by atoms with Crippen LogP contribution in [0, 0.1) is 17.8 Å². The van der Waals surface area contributed by atoms with E-state index in [4.69, 9.17) is 14.2 Å². The smallest absolute Gasteiger partial charge is 0.407 e. The average molecular weight is 841 g/mol. The zero-order valence-electron chi connectivity index (χ0n) is 36.5. The first-order chi connectivity index (χ1) is 28.2. The average Bonchev–Trinajstić information content (AvgIpc) is 4.03. The van der Waals surface area contributed by atoms with Crippen molar-refractivity contribution in [2.24, 2.45) is 17.8 Å². The van der Waals surface area contributed by atoms with Crippen LogP contribution in [0.4, 0.5) is 4.79 Å². The summed E-state index contributed by atoms with van der Waals surface area (Å²) in [5, 5.41) is 11.7. The first kappa shape index (κ1) is 47.6. The molecular weight excluding hydrogens is 773 g/mol. The highest BCUT2D eigenvalue weighted by Gasteiger charge is 2.46. The van der Waals surface area contributed by atoms with Crippen molar-refractivity contribution in [3.05, 3.63) is 52.5 Å². The minimum atomic E-state index is -1.16. The Morgan fingerprint density at radius 2 is 1.68 bits per heavy atom. The van der Waals surface area contributed by atoms with Crippen LogP contribution < -0.4 is 16.0 Å². The van der Waals surface area contributed by atoms with E-state index in [1.165, 1.54) is 11.3 Å². The lowest BCUT2D eigenvalue weighted by Gasteiger charge is -2.41. The molecule has 3 N–H and O–H groups in total. The Kier molecular flexibility index (Phi) is 18.2. The number of ether oxygens (including phenoxy) is 3. The second-order valence-corrected chi connectivity index (χ2v) is 17.5. The largest absolute Gasteiger partial charge is 0.450 e. The maximum absolute atomic E-state index is 14.5. The molecule has 2 fully saturated rings. The third-order valence-electron chi connectivity index (χ3n) is 12.3. The monoisotopic (exact) mass is 840 g/mol. The molecule has 2 heterocycles. The summed E-state index contributed by atoms with van der Waals surface area (Å²) in [6.07, 6.45) is 4.99. The first-order valence-corrected chi connectivity index (χ1v) is 22.2. The zero-order chi connectivity index (χ0) is 43.3. The predicted octanol–water partition coefficient (Wildman–Crippen LogP) is 5.66. The fraction of sp³-hybridized carbons (Fsp3) is 0.682. The number of likely N-dealkylation sites (N-methyl/N-ethyl adjacent to an activating group) is 1. The Morgan fingerprint density at radius 1 is 0.983 bits per heavy atom. The topological polar surface area (TPSA) is 168 Å². The van der Waals surface area contributed by atoms with Crippen LogP contribution >= 0.6 is 11.3 Å². The van der Waals surface area contributed by atoms with Crippen molar-refractivity contribution >= 4 is 41.1 Å². The first-order valence-electron chi connectivity index (χ1n) is 21.3. The molecule has 0 radical (unpaired) electrons. The number of nitrogens with one attached hydrogen (secondary N) is 3. The summed E-state index contributed by atoms with van der Waals surface area (Å²) in [6, 6.07) is 7.91. The van der Waals surface area contributed by atoms with Crippen LogP contribution in [0.25, 0.3) is 0 Å². The van der Waals surface area contributed by atoms with Crippen LogP contribution in [0.1, 0.15) is 110 Å². The molecule has 2 aliphatic rings. The van der Waals surface area contributed by atoms with Gasteiger partial charge in [-0.3, -0.25) is 19.2 Å². The van der Waals surface area contributed by atoms with Gasteiger partial charge in [-0.15, -0.1) is 11.3 Å². The minimum absolute atomic E-state index is 0.00507. The van der Waals surface area contributed by atoms with Gasteiger partial charge in [0.15, 0.2) is 0 Å². The third-order valence-corrected chi connectivity index (χ3v) is 13.2. The predicted molar refractivity (Wildman–Crippen MR) is 227 cm³/mol. The van der Waals surface area contributed by atoms with Crippen molar-refractivity contribution in [3.8, 4) is 0 Å². The van der Waals surface area contributed by atoms with Gasteiger partial charge in [0.05, 0.1) is 49.3 Å². The van der Waals surface area contributed by atoms with Gasteiger partial charge >= 0.3 is 6.09 Å². The lowest BCUT2D eigenvalue weighted by molar-refractivity contribution is -0.148. The summed E-state index contributed by atoms with van der Waals surface area (Å²) in [5.74, 6) is -1.96. The standard InChI is InChI=1S/C44H68N6O8S/c1-10-29(5)37(49(7)41(53)36(28(3)4)47-42(54)44(21-15-16-22-44)48-43(55)58-11-2)34(56-8)27-35(51)50-24-17-20-33(50)38(57-9)30(6)39(52)46-32(40-45-23-25-59-40)26-31-18-13-12-14-19-31/h12-14,18-19,23,25,28-30,32-34,36-38H,10-11,15-17,20-22,24,26-27H2,1-9H3,(H,46,52)(H,47,54)(H,48,55)/t29-,30+,32-,33-,34+,36-,37-,38+/m0/s1. The Balaban J connectivity index is 1.49. The van der Waals surface area contributed by atoms with Crippen molar-refractivity contribution in [1.82, 2.24) is 30.7 Å². The van der Waals surface area contributed by atoms with Crippen LogP contribution in [-0.2, 0) is 39.8 Å². The molecule has 1 saturated carbocycles. The fourth-order valence-corrected chi connectivity index (χ4v) is 9.52. The molecule has 15 heteroatoms. The summed E-state index contributed by atoms with van der Waals surface area (Å²) in [5.41, 5.74) is -0.0802. The van der Waals surface area contributed by atoms with Gasteiger partial charge in [0.2, 0.25) is 23.6 Å². The molecule has 5 amide bonds. The summed E-state index contributed by atoms with van der Waals surface area (Å²) in [4.78, 5) is 77.1. The molecule has 328 valence electrons. The van der Waals surface area contributed by atoms with Gasteiger partial charge in [0.25, 0.3) is 0 Å². The van der Waals surface area contributed by atoms with Crippen LogP contribution in [0.3, 0.4) is 0 Å². The summed E-state index contributed by atoms with van der Waals surface area (Å²) >= 11 is 1.50. The van der Waals surface area contributed by atoms with Gasteiger partial charge in [0.1, 0.15) is 16.6 Å². The summed E-state index contributed by atoms with van der Waals surface area (Å²) in [7, 11) is 4.84. The number of benzene rings is 1. The Hall–Kier alpha value is -4.08. The molecule has 4 rings (SSSR count). The van der Waals surface area contributed by atoms with E-state index in [0.717, 1.165) is 29.8 Å². The van der Waals surface area contributed by atoms with E-state index in [0.29, 0.717) is 38.6 Å². The molecule has 1 aliphatic heterocycles. The molecule has 14 nitrogen and oxygen atoms in total. The van der Waals surface area contributed by atoms with Gasteiger partial charge in [-0.2, -0.15) is 0 Å². The second kappa shape index (κ2) is 22.5.